The first-order chi connectivity index (χ1) is 12.6. The highest BCUT2D eigenvalue weighted by atomic mass is 16.5. The zero-order chi connectivity index (χ0) is 18.4. The average molecular weight is 356 g/mol. The fourth-order valence-corrected chi connectivity index (χ4v) is 3.23. The van der Waals surface area contributed by atoms with Gasteiger partial charge in [0.2, 0.25) is 5.91 Å². The average Bonchev–Trinajstić information content (AvgIpc) is 3.07. The second-order valence-electron chi connectivity index (χ2n) is 7.09. The van der Waals surface area contributed by atoms with Gasteiger partial charge in [-0.1, -0.05) is 19.1 Å². The summed E-state index contributed by atoms with van der Waals surface area (Å²) in [5.74, 6) is 1.65. The quantitative estimate of drug-likeness (QED) is 0.748. The predicted molar refractivity (Wildman–Crippen MR) is 102 cm³/mol. The molecule has 6 nitrogen and oxygen atoms in total. The molecular weight excluding hydrogens is 328 g/mol. The number of H-pyrrole nitrogens is 1. The summed E-state index contributed by atoms with van der Waals surface area (Å²) in [6.07, 6.45) is 4.18. The van der Waals surface area contributed by atoms with Crippen molar-refractivity contribution in [2.75, 3.05) is 32.8 Å². The van der Waals surface area contributed by atoms with Crippen molar-refractivity contribution in [3.8, 4) is 16.9 Å². The first-order valence-corrected chi connectivity index (χ1v) is 9.34. The van der Waals surface area contributed by atoms with E-state index < -0.39 is 0 Å². The Morgan fingerprint density at radius 3 is 2.92 bits per heavy atom. The minimum atomic E-state index is 0.0749. The van der Waals surface area contributed by atoms with E-state index in [1.54, 1.807) is 0 Å². The van der Waals surface area contributed by atoms with E-state index in [1.165, 1.54) is 12.8 Å². The van der Waals surface area contributed by atoms with Crippen LogP contribution in [0.1, 0.15) is 25.5 Å². The summed E-state index contributed by atoms with van der Waals surface area (Å²) in [7, 11) is 0. The van der Waals surface area contributed by atoms with E-state index in [-0.39, 0.29) is 5.91 Å². The molecule has 0 spiro atoms. The smallest absolute Gasteiger partial charge is 0.234 e. The van der Waals surface area contributed by atoms with Crippen molar-refractivity contribution in [3.05, 3.63) is 36.2 Å². The third-order valence-electron chi connectivity index (χ3n) is 4.91. The van der Waals surface area contributed by atoms with Crippen molar-refractivity contribution in [2.45, 2.75) is 26.7 Å². The normalized spacial score (nSPS) is 15.8. The molecule has 1 saturated heterocycles. The number of amides is 1. The summed E-state index contributed by atoms with van der Waals surface area (Å²) in [5, 5.41) is 9.94. The zero-order valence-corrected chi connectivity index (χ0v) is 15.6. The zero-order valence-electron chi connectivity index (χ0n) is 15.6. The molecule has 0 saturated carbocycles. The minimum Gasteiger partial charge on any atom is -0.492 e. The molecule has 0 bridgehead atoms. The number of carbonyl (C=O) groups excluding carboxylic acids is 1. The Morgan fingerprint density at radius 1 is 1.38 bits per heavy atom. The second kappa shape index (κ2) is 8.85. The lowest BCUT2D eigenvalue weighted by molar-refractivity contribution is -0.122. The fourth-order valence-electron chi connectivity index (χ4n) is 3.23. The fraction of sp³-hybridized carbons (Fsp3) is 0.500. The number of ether oxygens (including phenoxy) is 1. The molecule has 0 radical (unpaired) electrons. The van der Waals surface area contributed by atoms with Crippen LogP contribution in [0.2, 0.25) is 0 Å². The van der Waals surface area contributed by atoms with Gasteiger partial charge in [0.1, 0.15) is 12.4 Å². The van der Waals surface area contributed by atoms with Crippen LogP contribution in [0.25, 0.3) is 11.1 Å². The number of carbonyl (C=O) groups is 1. The van der Waals surface area contributed by atoms with Crippen molar-refractivity contribution < 1.29 is 9.53 Å². The molecule has 0 aliphatic carbocycles. The van der Waals surface area contributed by atoms with Gasteiger partial charge in [0.25, 0.3) is 0 Å². The molecule has 1 aromatic heterocycles. The Kier molecular flexibility index (Phi) is 6.28. The number of piperidine rings is 1. The molecule has 2 heterocycles. The second-order valence-corrected chi connectivity index (χ2v) is 7.09. The molecule has 2 N–H and O–H groups in total. The van der Waals surface area contributed by atoms with Crippen molar-refractivity contribution >= 4 is 5.91 Å². The van der Waals surface area contributed by atoms with Crippen LogP contribution in [0.5, 0.6) is 5.75 Å². The van der Waals surface area contributed by atoms with Crippen LogP contribution in [0.3, 0.4) is 0 Å². The largest absolute Gasteiger partial charge is 0.492 e. The molecule has 3 rings (SSSR count). The Balaban J connectivity index is 1.40. The Hall–Kier alpha value is -2.34. The van der Waals surface area contributed by atoms with Gasteiger partial charge in [-0.3, -0.25) is 14.8 Å². The molecule has 1 amide bonds. The number of aromatic nitrogens is 2. The monoisotopic (exact) mass is 356 g/mol. The highest BCUT2D eigenvalue weighted by molar-refractivity contribution is 5.78. The number of aromatic amines is 1. The number of likely N-dealkylation sites (tertiary alicyclic amines) is 1. The molecule has 1 aliphatic heterocycles. The topological polar surface area (TPSA) is 70.2 Å². The Bertz CT molecular complexity index is 720. The molecule has 26 heavy (non-hydrogen) atoms. The first kappa shape index (κ1) is 18.5. The van der Waals surface area contributed by atoms with Crippen LogP contribution in [-0.2, 0) is 4.79 Å². The molecular formula is C20H28N4O2. The van der Waals surface area contributed by atoms with E-state index in [9.17, 15) is 4.79 Å². The number of nitrogens with zero attached hydrogens (tertiary/aromatic N) is 2. The SMILES string of the molecule is Cc1[nH]ncc1-c1cccc(OCCNC(=O)CN2CCC(C)CC2)c1. The summed E-state index contributed by atoms with van der Waals surface area (Å²) in [6.45, 7) is 7.76. The van der Waals surface area contributed by atoms with E-state index in [0.29, 0.717) is 19.7 Å². The molecule has 140 valence electrons. The van der Waals surface area contributed by atoms with Crippen LogP contribution >= 0.6 is 0 Å². The summed E-state index contributed by atoms with van der Waals surface area (Å²) in [4.78, 5) is 14.3. The van der Waals surface area contributed by atoms with Crippen molar-refractivity contribution in [1.29, 1.82) is 0 Å². The maximum absolute atomic E-state index is 12.0. The summed E-state index contributed by atoms with van der Waals surface area (Å²) in [6, 6.07) is 7.92. The van der Waals surface area contributed by atoms with Crippen LogP contribution in [0.4, 0.5) is 0 Å². The van der Waals surface area contributed by atoms with Crippen LogP contribution < -0.4 is 10.1 Å². The number of rotatable bonds is 7. The van der Waals surface area contributed by atoms with Gasteiger partial charge < -0.3 is 10.1 Å². The molecule has 1 fully saturated rings. The third kappa shape index (κ3) is 5.08. The maximum Gasteiger partial charge on any atom is 0.234 e. The molecule has 2 aromatic rings. The van der Waals surface area contributed by atoms with Gasteiger partial charge in [-0.25, -0.2) is 0 Å². The van der Waals surface area contributed by atoms with E-state index in [4.69, 9.17) is 4.74 Å². The first-order valence-electron chi connectivity index (χ1n) is 9.34. The molecule has 1 aromatic carbocycles. The van der Waals surface area contributed by atoms with Gasteiger partial charge in [0, 0.05) is 11.3 Å². The molecule has 0 atom stereocenters. The molecule has 6 heteroatoms. The van der Waals surface area contributed by atoms with Gasteiger partial charge in [0.15, 0.2) is 0 Å². The lowest BCUT2D eigenvalue weighted by Gasteiger charge is -2.29. The number of aryl methyl sites for hydroxylation is 1. The predicted octanol–water partition coefficient (Wildman–Crippen LogP) is 2.61. The molecule has 0 unspecified atom stereocenters. The van der Waals surface area contributed by atoms with E-state index >= 15 is 0 Å². The van der Waals surface area contributed by atoms with Gasteiger partial charge in [-0.05, 0) is 56.5 Å². The molecule has 1 aliphatic rings. The minimum absolute atomic E-state index is 0.0749. The van der Waals surface area contributed by atoms with E-state index in [1.807, 2.05) is 37.4 Å². The number of hydrogen-bond donors (Lipinski definition) is 2. The van der Waals surface area contributed by atoms with Crippen LogP contribution in [0.15, 0.2) is 30.5 Å². The highest BCUT2D eigenvalue weighted by Gasteiger charge is 2.17. The maximum atomic E-state index is 12.0. The number of benzene rings is 1. The number of nitrogens with one attached hydrogen (secondary N) is 2. The van der Waals surface area contributed by atoms with Gasteiger partial charge in [-0.2, -0.15) is 5.10 Å². The Labute approximate surface area is 154 Å². The van der Waals surface area contributed by atoms with Gasteiger partial charge in [-0.15, -0.1) is 0 Å². The van der Waals surface area contributed by atoms with Gasteiger partial charge in [0.05, 0.1) is 19.3 Å². The van der Waals surface area contributed by atoms with E-state index in [0.717, 1.165) is 41.6 Å². The Morgan fingerprint density at radius 2 is 2.19 bits per heavy atom. The number of hydrogen-bond acceptors (Lipinski definition) is 4. The summed E-state index contributed by atoms with van der Waals surface area (Å²) < 4.78 is 5.78. The lowest BCUT2D eigenvalue weighted by Crippen LogP contribution is -2.42. The van der Waals surface area contributed by atoms with Crippen molar-refractivity contribution in [1.82, 2.24) is 20.4 Å². The van der Waals surface area contributed by atoms with E-state index in [2.05, 4.69) is 27.3 Å². The van der Waals surface area contributed by atoms with Crippen molar-refractivity contribution in [2.24, 2.45) is 5.92 Å². The lowest BCUT2D eigenvalue weighted by atomic mass is 9.99. The third-order valence-corrected chi connectivity index (χ3v) is 4.91. The van der Waals surface area contributed by atoms with Gasteiger partial charge >= 0.3 is 0 Å². The van der Waals surface area contributed by atoms with Crippen molar-refractivity contribution in [3.63, 3.8) is 0 Å². The summed E-state index contributed by atoms with van der Waals surface area (Å²) in [5.41, 5.74) is 3.17. The summed E-state index contributed by atoms with van der Waals surface area (Å²) >= 11 is 0. The standard InChI is InChI=1S/C20H28N4O2/c1-15-6-9-24(10-7-15)14-20(25)21-8-11-26-18-5-3-4-17(12-18)19-13-22-23-16(19)2/h3-5,12-13,15H,6-11,14H2,1-2H3,(H,21,25)(H,22,23). The van der Waals surface area contributed by atoms with Crippen LogP contribution in [-0.4, -0.2) is 53.8 Å². The highest BCUT2D eigenvalue weighted by Crippen LogP contribution is 2.25. The van der Waals surface area contributed by atoms with Crippen LogP contribution in [0, 0.1) is 12.8 Å².